The van der Waals surface area contributed by atoms with Crippen LogP contribution >= 0.6 is 0 Å². The van der Waals surface area contributed by atoms with Gasteiger partial charge in [0.2, 0.25) is 0 Å². The SMILES string of the molecule is Nc1ccc(CNC(=O)c2ccccc2Nc2ccc3c(/C=C/c4ccccn4)n[nH]c3c2)cc1. The molecule has 5 N–H and O–H groups in total. The summed E-state index contributed by atoms with van der Waals surface area (Å²) < 4.78 is 0. The molecule has 5 rings (SSSR count). The van der Waals surface area contributed by atoms with E-state index in [9.17, 15) is 4.79 Å². The Morgan fingerprint density at radius 3 is 2.60 bits per heavy atom. The number of H-pyrrole nitrogens is 1. The van der Waals surface area contributed by atoms with Crippen molar-refractivity contribution >= 4 is 46.0 Å². The lowest BCUT2D eigenvalue weighted by Gasteiger charge is -2.12. The molecular weight excluding hydrogens is 436 g/mol. The number of amides is 1. The predicted octanol–water partition coefficient (Wildman–Crippen LogP) is 5.38. The molecular formula is C28H24N6O. The van der Waals surface area contributed by atoms with Crippen LogP contribution in [0.3, 0.4) is 0 Å². The molecule has 0 unspecified atom stereocenters. The zero-order chi connectivity index (χ0) is 24.0. The van der Waals surface area contributed by atoms with Crippen molar-refractivity contribution in [2.75, 3.05) is 11.1 Å². The van der Waals surface area contributed by atoms with Gasteiger partial charge in [0.1, 0.15) is 0 Å². The van der Waals surface area contributed by atoms with Gasteiger partial charge in [0.25, 0.3) is 5.91 Å². The average Bonchev–Trinajstić information content (AvgIpc) is 3.30. The fraction of sp³-hybridized carbons (Fsp3) is 0.0357. The second-order valence-electron chi connectivity index (χ2n) is 8.05. The number of nitrogens with zero attached hydrogens (tertiary/aromatic N) is 2. The first kappa shape index (κ1) is 21.9. The molecule has 0 aliphatic rings. The zero-order valence-electron chi connectivity index (χ0n) is 18.9. The molecule has 35 heavy (non-hydrogen) atoms. The zero-order valence-corrected chi connectivity index (χ0v) is 18.9. The summed E-state index contributed by atoms with van der Waals surface area (Å²) in [4.78, 5) is 17.2. The van der Waals surface area contributed by atoms with Gasteiger partial charge in [0.15, 0.2) is 0 Å². The Hall–Kier alpha value is -4.91. The van der Waals surface area contributed by atoms with Crippen LogP contribution in [0.5, 0.6) is 0 Å². The summed E-state index contributed by atoms with van der Waals surface area (Å²) in [5.74, 6) is -0.158. The topological polar surface area (TPSA) is 109 Å². The number of rotatable bonds is 7. The number of hydrogen-bond acceptors (Lipinski definition) is 5. The number of aromatic nitrogens is 3. The smallest absolute Gasteiger partial charge is 0.253 e. The standard InChI is InChI=1S/C28H24N6O/c29-20-10-8-19(9-11-20)18-31-28(35)24-6-1-2-7-25(24)32-22-12-14-23-26(33-34-27(23)17-22)15-13-21-5-3-4-16-30-21/h1-17,32H,18,29H2,(H,31,35)(H,33,34)/b15-13+. The number of nitrogens with one attached hydrogen (secondary N) is 3. The molecule has 2 aromatic heterocycles. The fourth-order valence-electron chi connectivity index (χ4n) is 3.74. The highest BCUT2D eigenvalue weighted by atomic mass is 16.1. The van der Waals surface area contributed by atoms with Crippen LogP contribution in [0.4, 0.5) is 17.1 Å². The van der Waals surface area contributed by atoms with Crippen molar-refractivity contribution in [3.05, 3.63) is 114 Å². The molecule has 0 aliphatic carbocycles. The molecule has 0 spiro atoms. The van der Waals surface area contributed by atoms with E-state index in [4.69, 9.17) is 5.73 Å². The van der Waals surface area contributed by atoms with Gasteiger partial charge in [-0.2, -0.15) is 5.10 Å². The van der Waals surface area contributed by atoms with Gasteiger partial charge in [-0.05, 0) is 72.3 Å². The molecule has 5 aromatic rings. The fourth-order valence-corrected chi connectivity index (χ4v) is 3.74. The number of nitrogens with two attached hydrogens (primary N) is 1. The lowest BCUT2D eigenvalue weighted by Crippen LogP contribution is -2.23. The number of carbonyl (C=O) groups excluding carboxylic acids is 1. The first-order valence-corrected chi connectivity index (χ1v) is 11.2. The number of anilines is 3. The Balaban J connectivity index is 1.31. The lowest BCUT2D eigenvalue weighted by molar-refractivity contribution is 0.0951. The normalized spacial score (nSPS) is 11.1. The Labute approximate surface area is 202 Å². The van der Waals surface area contributed by atoms with Gasteiger partial charge in [-0.15, -0.1) is 0 Å². The van der Waals surface area contributed by atoms with Crippen molar-refractivity contribution in [2.24, 2.45) is 0 Å². The van der Waals surface area contributed by atoms with Crippen LogP contribution in [0.25, 0.3) is 23.1 Å². The van der Waals surface area contributed by atoms with Crippen LogP contribution in [0.1, 0.15) is 27.3 Å². The lowest BCUT2D eigenvalue weighted by atomic mass is 10.1. The first-order valence-electron chi connectivity index (χ1n) is 11.2. The van der Waals surface area contributed by atoms with E-state index < -0.39 is 0 Å². The van der Waals surface area contributed by atoms with Gasteiger partial charge < -0.3 is 16.4 Å². The second-order valence-corrected chi connectivity index (χ2v) is 8.05. The van der Waals surface area contributed by atoms with Crippen molar-refractivity contribution in [1.82, 2.24) is 20.5 Å². The number of carbonyl (C=O) groups is 1. The third-order valence-electron chi connectivity index (χ3n) is 5.58. The van der Waals surface area contributed by atoms with Crippen molar-refractivity contribution in [1.29, 1.82) is 0 Å². The summed E-state index contributed by atoms with van der Waals surface area (Å²) >= 11 is 0. The molecule has 0 aliphatic heterocycles. The van der Waals surface area contributed by atoms with Gasteiger partial charge >= 0.3 is 0 Å². The van der Waals surface area contributed by atoms with E-state index in [1.807, 2.05) is 91.0 Å². The summed E-state index contributed by atoms with van der Waals surface area (Å²) in [6.45, 7) is 0.419. The third kappa shape index (κ3) is 5.20. The van der Waals surface area contributed by atoms with Crippen LogP contribution in [-0.2, 0) is 6.54 Å². The summed E-state index contributed by atoms with van der Waals surface area (Å²) in [5, 5.41) is 14.8. The maximum absolute atomic E-state index is 12.9. The van der Waals surface area contributed by atoms with E-state index in [0.29, 0.717) is 17.8 Å². The minimum atomic E-state index is -0.158. The Morgan fingerprint density at radius 2 is 1.77 bits per heavy atom. The molecule has 0 bridgehead atoms. The molecule has 7 heteroatoms. The Kier molecular flexibility index (Phi) is 6.21. The van der Waals surface area contributed by atoms with Crippen LogP contribution in [0, 0.1) is 0 Å². The molecule has 0 atom stereocenters. The minimum Gasteiger partial charge on any atom is -0.399 e. The largest absolute Gasteiger partial charge is 0.399 e. The number of aromatic amines is 1. The molecule has 3 aromatic carbocycles. The van der Waals surface area contributed by atoms with Crippen molar-refractivity contribution < 1.29 is 4.79 Å². The summed E-state index contributed by atoms with van der Waals surface area (Å²) in [7, 11) is 0. The quantitative estimate of drug-likeness (QED) is 0.244. The van der Waals surface area contributed by atoms with Gasteiger partial charge in [0, 0.05) is 29.5 Å². The average molecular weight is 461 g/mol. The van der Waals surface area contributed by atoms with Crippen LogP contribution in [-0.4, -0.2) is 21.1 Å². The number of hydrogen-bond donors (Lipinski definition) is 4. The van der Waals surface area contributed by atoms with E-state index in [0.717, 1.165) is 39.2 Å². The number of para-hydroxylation sites is 1. The van der Waals surface area contributed by atoms with E-state index >= 15 is 0 Å². The monoisotopic (exact) mass is 460 g/mol. The maximum Gasteiger partial charge on any atom is 0.253 e. The van der Waals surface area contributed by atoms with Crippen molar-refractivity contribution in [3.8, 4) is 0 Å². The van der Waals surface area contributed by atoms with E-state index in [2.05, 4.69) is 25.8 Å². The predicted molar refractivity (Wildman–Crippen MR) is 141 cm³/mol. The minimum absolute atomic E-state index is 0.158. The van der Waals surface area contributed by atoms with E-state index in [1.54, 1.807) is 12.3 Å². The molecule has 0 saturated heterocycles. The number of nitrogen functional groups attached to an aromatic ring is 1. The van der Waals surface area contributed by atoms with Crippen molar-refractivity contribution in [3.63, 3.8) is 0 Å². The molecule has 0 saturated carbocycles. The summed E-state index contributed by atoms with van der Waals surface area (Å²) in [5.41, 5.74) is 12.1. The molecule has 0 fully saturated rings. The first-order chi connectivity index (χ1) is 17.2. The molecule has 2 heterocycles. The maximum atomic E-state index is 12.9. The van der Waals surface area contributed by atoms with E-state index in [-0.39, 0.29) is 5.91 Å². The van der Waals surface area contributed by atoms with Gasteiger partial charge in [0.05, 0.1) is 28.2 Å². The van der Waals surface area contributed by atoms with Gasteiger partial charge in [-0.25, -0.2) is 0 Å². The Bertz CT molecular complexity index is 1490. The van der Waals surface area contributed by atoms with Crippen LogP contribution in [0.2, 0.25) is 0 Å². The molecule has 172 valence electrons. The van der Waals surface area contributed by atoms with Crippen LogP contribution in [0.15, 0.2) is 91.1 Å². The second kappa shape index (κ2) is 9.93. The number of pyridine rings is 1. The third-order valence-corrected chi connectivity index (χ3v) is 5.58. The molecule has 7 nitrogen and oxygen atoms in total. The van der Waals surface area contributed by atoms with Gasteiger partial charge in [-0.1, -0.05) is 30.3 Å². The van der Waals surface area contributed by atoms with Crippen molar-refractivity contribution in [2.45, 2.75) is 6.54 Å². The number of benzene rings is 3. The molecule has 1 amide bonds. The van der Waals surface area contributed by atoms with E-state index in [1.165, 1.54) is 0 Å². The molecule has 0 radical (unpaired) electrons. The summed E-state index contributed by atoms with van der Waals surface area (Å²) in [6.07, 6.45) is 5.63. The summed E-state index contributed by atoms with van der Waals surface area (Å²) in [6, 6.07) is 26.6. The highest BCUT2D eigenvalue weighted by Crippen LogP contribution is 2.26. The number of fused-ring (bicyclic) bond motifs is 1. The Morgan fingerprint density at radius 1 is 0.943 bits per heavy atom. The highest BCUT2D eigenvalue weighted by Gasteiger charge is 2.12. The van der Waals surface area contributed by atoms with Crippen LogP contribution < -0.4 is 16.4 Å². The van der Waals surface area contributed by atoms with Gasteiger partial charge in [-0.3, -0.25) is 14.9 Å². The highest BCUT2D eigenvalue weighted by molar-refractivity contribution is 6.00.